The lowest BCUT2D eigenvalue weighted by Crippen LogP contribution is -2.19. The van der Waals surface area contributed by atoms with Gasteiger partial charge in [-0.15, -0.1) is 0 Å². The van der Waals surface area contributed by atoms with E-state index in [-0.39, 0.29) is 24.1 Å². The molecule has 188 valence electrons. The van der Waals surface area contributed by atoms with Gasteiger partial charge in [-0.05, 0) is 51.3 Å². The van der Waals surface area contributed by atoms with Crippen LogP contribution in [0.15, 0.2) is 40.2 Å². The lowest BCUT2D eigenvalue weighted by Gasteiger charge is -2.26. The number of oxime groups is 2. The fourth-order valence-electron chi connectivity index (χ4n) is 4.04. The SMILES string of the molecule is COc1cc([C@H](CC=C(C)C)OCCCCCCCCO)c(OC)c2c1C(=NO)C=CC2=NO. The molecule has 0 bridgehead atoms. The van der Waals surface area contributed by atoms with Crippen molar-refractivity contribution in [2.75, 3.05) is 27.4 Å². The number of rotatable bonds is 14. The van der Waals surface area contributed by atoms with E-state index >= 15 is 0 Å². The summed E-state index contributed by atoms with van der Waals surface area (Å²) in [5, 5.41) is 34.9. The van der Waals surface area contributed by atoms with Crippen LogP contribution in [-0.2, 0) is 4.74 Å². The second-order valence-corrected chi connectivity index (χ2v) is 8.48. The maximum atomic E-state index is 9.65. The molecule has 8 heteroatoms. The molecule has 0 aliphatic heterocycles. The molecule has 0 spiro atoms. The second-order valence-electron chi connectivity index (χ2n) is 8.48. The summed E-state index contributed by atoms with van der Waals surface area (Å²) in [6.07, 6.45) is 11.7. The first-order valence-corrected chi connectivity index (χ1v) is 11.8. The van der Waals surface area contributed by atoms with Crippen molar-refractivity contribution in [2.45, 2.75) is 64.9 Å². The molecule has 0 amide bonds. The van der Waals surface area contributed by atoms with E-state index in [4.69, 9.17) is 19.3 Å². The van der Waals surface area contributed by atoms with Gasteiger partial charge < -0.3 is 29.7 Å². The molecule has 3 N–H and O–H groups in total. The van der Waals surface area contributed by atoms with Crippen molar-refractivity contribution < 1.29 is 29.7 Å². The number of allylic oxidation sites excluding steroid dienone is 3. The molecule has 1 aliphatic carbocycles. The minimum atomic E-state index is -0.307. The minimum absolute atomic E-state index is 0.255. The number of hydrogen-bond acceptors (Lipinski definition) is 8. The van der Waals surface area contributed by atoms with Crippen LogP contribution in [-0.4, -0.2) is 54.4 Å². The summed E-state index contributed by atoms with van der Waals surface area (Å²) in [6.45, 7) is 4.93. The zero-order chi connectivity index (χ0) is 24.9. The maximum Gasteiger partial charge on any atom is 0.135 e. The van der Waals surface area contributed by atoms with Crippen LogP contribution in [0.3, 0.4) is 0 Å². The molecular formula is C26H38N2O6. The number of hydrogen-bond donors (Lipinski definition) is 3. The molecule has 0 unspecified atom stereocenters. The van der Waals surface area contributed by atoms with Crippen LogP contribution in [0, 0.1) is 0 Å². The molecular weight excluding hydrogens is 436 g/mol. The normalized spacial score (nSPS) is 15.9. The standard InChI is InChI=1S/C26H38N2O6/c1-18(2)11-14-22(34-16-10-8-6-5-7-9-15-29)19-17-23(32-3)24-20(27-30)12-13-21(28-31)25(24)26(19)33-4/h11-13,17,22,29-31H,5-10,14-16H2,1-4H3/t22-/m0/s1. The average Bonchev–Trinajstić information content (AvgIpc) is 2.85. The summed E-state index contributed by atoms with van der Waals surface area (Å²) in [6, 6.07) is 1.84. The summed E-state index contributed by atoms with van der Waals surface area (Å²) in [7, 11) is 3.09. The number of methoxy groups -OCH3 is 2. The van der Waals surface area contributed by atoms with E-state index < -0.39 is 0 Å². The number of aliphatic hydroxyl groups is 1. The van der Waals surface area contributed by atoms with Gasteiger partial charge in [-0.1, -0.05) is 47.6 Å². The Morgan fingerprint density at radius 3 is 2.09 bits per heavy atom. The van der Waals surface area contributed by atoms with E-state index in [2.05, 4.69) is 16.4 Å². The summed E-state index contributed by atoms with van der Waals surface area (Å²) >= 11 is 0. The second kappa shape index (κ2) is 14.4. The van der Waals surface area contributed by atoms with Gasteiger partial charge in [0.25, 0.3) is 0 Å². The van der Waals surface area contributed by atoms with Crippen LogP contribution >= 0.6 is 0 Å². The lowest BCUT2D eigenvalue weighted by molar-refractivity contribution is 0.0499. The van der Waals surface area contributed by atoms with Crippen LogP contribution in [0.25, 0.3) is 0 Å². The summed E-state index contributed by atoms with van der Waals surface area (Å²) in [5.41, 5.74) is 3.49. The van der Waals surface area contributed by atoms with Gasteiger partial charge in [0.05, 0.1) is 31.5 Å². The van der Waals surface area contributed by atoms with Crippen molar-refractivity contribution in [1.29, 1.82) is 0 Å². The topological polar surface area (TPSA) is 113 Å². The molecule has 0 fully saturated rings. The van der Waals surface area contributed by atoms with E-state index in [1.807, 2.05) is 19.9 Å². The first-order chi connectivity index (χ1) is 16.5. The number of ether oxygens (including phenoxy) is 3. The van der Waals surface area contributed by atoms with E-state index in [0.717, 1.165) is 44.1 Å². The number of aliphatic hydroxyl groups excluding tert-OH is 1. The van der Waals surface area contributed by atoms with Gasteiger partial charge in [-0.3, -0.25) is 0 Å². The highest BCUT2D eigenvalue weighted by Gasteiger charge is 2.31. The van der Waals surface area contributed by atoms with Crippen molar-refractivity contribution in [3.05, 3.63) is 46.6 Å². The molecule has 0 radical (unpaired) electrons. The fraction of sp³-hybridized carbons (Fsp3) is 0.538. The van der Waals surface area contributed by atoms with E-state index in [9.17, 15) is 10.4 Å². The Balaban J connectivity index is 2.37. The highest BCUT2D eigenvalue weighted by molar-refractivity contribution is 6.27. The monoisotopic (exact) mass is 474 g/mol. The third kappa shape index (κ3) is 7.08. The molecule has 0 aromatic heterocycles. The van der Waals surface area contributed by atoms with Gasteiger partial charge in [0.15, 0.2) is 0 Å². The van der Waals surface area contributed by atoms with Gasteiger partial charge in [0.1, 0.15) is 22.9 Å². The van der Waals surface area contributed by atoms with Crippen LogP contribution in [0.1, 0.15) is 81.6 Å². The molecule has 0 saturated heterocycles. The lowest BCUT2D eigenvalue weighted by atomic mass is 9.88. The van der Waals surface area contributed by atoms with Crippen LogP contribution in [0.4, 0.5) is 0 Å². The van der Waals surface area contributed by atoms with Gasteiger partial charge in [-0.2, -0.15) is 0 Å². The summed E-state index contributed by atoms with van der Waals surface area (Å²) < 4.78 is 17.8. The first-order valence-electron chi connectivity index (χ1n) is 11.8. The number of unbranched alkanes of at least 4 members (excludes halogenated alkanes) is 5. The third-order valence-corrected chi connectivity index (χ3v) is 5.78. The zero-order valence-corrected chi connectivity index (χ0v) is 20.7. The Labute approximate surface area is 202 Å². The highest BCUT2D eigenvalue weighted by Crippen LogP contribution is 2.42. The first kappa shape index (κ1) is 27.4. The molecule has 8 nitrogen and oxygen atoms in total. The van der Waals surface area contributed by atoms with Crippen molar-refractivity contribution >= 4 is 11.4 Å². The molecule has 0 saturated carbocycles. The smallest absolute Gasteiger partial charge is 0.135 e. The Hall–Kier alpha value is -2.84. The number of fused-ring (bicyclic) bond motifs is 1. The quantitative estimate of drug-likeness (QED) is 0.144. The van der Waals surface area contributed by atoms with Gasteiger partial charge >= 0.3 is 0 Å². The third-order valence-electron chi connectivity index (χ3n) is 5.78. The Bertz CT molecular complexity index is 916. The molecule has 1 atom stereocenters. The van der Waals surface area contributed by atoms with Crippen LogP contribution in [0.2, 0.25) is 0 Å². The fourth-order valence-corrected chi connectivity index (χ4v) is 4.04. The number of nitrogens with zero attached hydrogens (tertiary/aromatic N) is 2. The van der Waals surface area contributed by atoms with Gasteiger partial charge in [0, 0.05) is 18.8 Å². The Kier molecular flexibility index (Phi) is 11.6. The average molecular weight is 475 g/mol. The predicted molar refractivity (Wildman–Crippen MR) is 133 cm³/mol. The molecule has 2 rings (SSSR count). The minimum Gasteiger partial charge on any atom is -0.496 e. The Morgan fingerprint density at radius 1 is 0.912 bits per heavy atom. The largest absolute Gasteiger partial charge is 0.496 e. The van der Waals surface area contributed by atoms with Crippen molar-refractivity contribution in [2.24, 2.45) is 10.3 Å². The zero-order valence-electron chi connectivity index (χ0n) is 20.7. The Morgan fingerprint density at radius 2 is 1.53 bits per heavy atom. The van der Waals surface area contributed by atoms with Crippen molar-refractivity contribution in [1.82, 2.24) is 0 Å². The van der Waals surface area contributed by atoms with Crippen LogP contribution in [0.5, 0.6) is 11.5 Å². The predicted octanol–water partition coefficient (Wildman–Crippen LogP) is 5.38. The van der Waals surface area contributed by atoms with Crippen LogP contribution < -0.4 is 9.47 Å². The van der Waals surface area contributed by atoms with Crippen molar-refractivity contribution in [3.63, 3.8) is 0 Å². The van der Waals surface area contributed by atoms with E-state index in [1.54, 1.807) is 19.3 Å². The summed E-state index contributed by atoms with van der Waals surface area (Å²) in [4.78, 5) is 0. The van der Waals surface area contributed by atoms with E-state index in [1.165, 1.54) is 12.7 Å². The molecule has 1 aromatic carbocycles. The van der Waals surface area contributed by atoms with Crippen molar-refractivity contribution in [3.8, 4) is 11.5 Å². The summed E-state index contributed by atoms with van der Waals surface area (Å²) in [5.74, 6) is 0.962. The van der Waals surface area contributed by atoms with Gasteiger partial charge in [0.2, 0.25) is 0 Å². The van der Waals surface area contributed by atoms with E-state index in [0.29, 0.717) is 35.7 Å². The molecule has 34 heavy (non-hydrogen) atoms. The molecule has 0 heterocycles. The molecule has 1 aliphatic rings. The highest BCUT2D eigenvalue weighted by atomic mass is 16.5. The maximum absolute atomic E-state index is 9.65. The molecule has 1 aromatic rings. The number of benzene rings is 1. The van der Waals surface area contributed by atoms with Gasteiger partial charge in [-0.25, -0.2) is 0 Å².